The molecule has 1 amide bonds. The Morgan fingerprint density at radius 1 is 1.65 bits per heavy atom. The second kappa shape index (κ2) is 5.26. The van der Waals surface area contributed by atoms with Crippen LogP contribution in [-0.2, 0) is 4.74 Å². The smallest absolute Gasteiger partial charge is 0.404 e. The molecule has 7 heteroatoms. The average Bonchev–Trinajstić information content (AvgIpc) is 2.35. The molecule has 110 valence electrons. The first-order valence-corrected chi connectivity index (χ1v) is 6.39. The van der Waals surface area contributed by atoms with Crippen molar-refractivity contribution >= 4 is 11.8 Å². The molecule has 20 heavy (non-hydrogen) atoms. The first-order valence-electron chi connectivity index (χ1n) is 6.39. The maximum absolute atomic E-state index is 10.9. The number of aliphatic hydroxyl groups is 1. The summed E-state index contributed by atoms with van der Waals surface area (Å²) in [6.07, 6.45) is 1.33. The molecule has 4 atom stereocenters. The molecule has 0 bridgehead atoms. The van der Waals surface area contributed by atoms with Crippen LogP contribution in [0.2, 0.25) is 0 Å². The van der Waals surface area contributed by atoms with E-state index in [1.54, 1.807) is 26.1 Å². The van der Waals surface area contributed by atoms with Crippen molar-refractivity contribution in [2.24, 2.45) is 0 Å². The van der Waals surface area contributed by atoms with E-state index in [0.717, 1.165) is 5.56 Å². The largest absolute Gasteiger partial charge is 0.465 e. The van der Waals surface area contributed by atoms with Gasteiger partial charge in [-0.2, -0.15) is 0 Å². The van der Waals surface area contributed by atoms with Crippen LogP contribution in [0.25, 0.3) is 0 Å². The van der Waals surface area contributed by atoms with E-state index in [9.17, 15) is 9.90 Å². The van der Waals surface area contributed by atoms with Crippen LogP contribution in [0.3, 0.4) is 0 Å². The van der Waals surface area contributed by atoms with Crippen LogP contribution in [0.15, 0.2) is 18.5 Å². The fourth-order valence-electron chi connectivity index (χ4n) is 2.44. The second-order valence-electron chi connectivity index (χ2n) is 5.24. The minimum absolute atomic E-state index is 0.303. The number of carboxylic acid groups (broad SMARTS) is 1. The summed E-state index contributed by atoms with van der Waals surface area (Å²) in [5.74, 6) is 0. The number of pyridine rings is 1. The number of anilines is 1. The molecule has 2 heterocycles. The Bertz CT molecular complexity index is 506. The monoisotopic (exact) mass is 281 g/mol. The van der Waals surface area contributed by atoms with E-state index < -0.39 is 23.8 Å². The van der Waals surface area contributed by atoms with Crippen LogP contribution in [0.5, 0.6) is 0 Å². The molecule has 1 fully saturated rings. The van der Waals surface area contributed by atoms with E-state index in [2.05, 4.69) is 10.3 Å². The van der Waals surface area contributed by atoms with Crippen LogP contribution >= 0.6 is 0 Å². The van der Waals surface area contributed by atoms with Gasteiger partial charge in [0.05, 0.1) is 30.1 Å². The lowest BCUT2D eigenvalue weighted by atomic mass is 9.82. The number of hydrogen-bond donors (Lipinski definition) is 4. The van der Waals surface area contributed by atoms with Gasteiger partial charge in [0.2, 0.25) is 0 Å². The molecule has 2 rings (SSSR count). The fraction of sp³-hybridized carbons (Fsp3) is 0.538. The third kappa shape index (κ3) is 2.68. The van der Waals surface area contributed by atoms with Gasteiger partial charge in [-0.25, -0.2) is 4.79 Å². The highest BCUT2D eigenvalue weighted by Gasteiger charge is 2.46. The Morgan fingerprint density at radius 2 is 2.35 bits per heavy atom. The number of nitrogens with one attached hydrogen (secondary N) is 1. The van der Waals surface area contributed by atoms with Crippen molar-refractivity contribution in [1.82, 2.24) is 10.3 Å². The predicted octanol–water partition coefficient (Wildman–Crippen LogP) is 0.901. The molecule has 0 saturated carbocycles. The number of ether oxygens (including phenoxy) is 1. The van der Waals surface area contributed by atoms with Gasteiger partial charge in [-0.1, -0.05) is 0 Å². The third-order valence-corrected chi connectivity index (χ3v) is 3.88. The van der Waals surface area contributed by atoms with Gasteiger partial charge in [0, 0.05) is 18.2 Å². The van der Waals surface area contributed by atoms with Crippen LogP contribution in [0.1, 0.15) is 31.9 Å². The highest BCUT2D eigenvalue weighted by Crippen LogP contribution is 2.38. The molecule has 1 aromatic rings. The Morgan fingerprint density at radius 3 is 2.95 bits per heavy atom. The quantitative estimate of drug-likeness (QED) is 0.639. The zero-order valence-corrected chi connectivity index (χ0v) is 11.4. The van der Waals surface area contributed by atoms with Gasteiger partial charge >= 0.3 is 6.09 Å². The van der Waals surface area contributed by atoms with Crippen LogP contribution in [0.4, 0.5) is 10.5 Å². The Balaban J connectivity index is 2.26. The van der Waals surface area contributed by atoms with Gasteiger partial charge in [0.25, 0.3) is 0 Å². The van der Waals surface area contributed by atoms with Crippen LogP contribution in [0, 0.1) is 0 Å². The number of hydrogen-bond acceptors (Lipinski definition) is 5. The second-order valence-corrected chi connectivity index (χ2v) is 5.24. The lowest BCUT2D eigenvalue weighted by molar-refractivity contribution is -0.175. The van der Waals surface area contributed by atoms with Crippen molar-refractivity contribution in [1.29, 1.82) is 0 Å². The van der Waals surface area contributed by atoms with E-state index in [-0.39, 0.29) is 6.10 Å². The first kappa shape index (κ1) is 14.5. The van der Waals surface area contributed by atoms with Crippen LogP contribution < -0.4 is 11.1 Å². The molecule has 1 aliphatic heterocycles. The zero-order chi connectivity index (χ0) is 14.9. The van der Waals surface area contributed by atoms with Crippen molar-refractivity contribution in [3.05, 3.63) is 24.0 Å². The van der Waals surface area contributed by atoms with Crippen LogP contribution in [-0.4, -0.2) is 39.0 Å². The topological polar surface area (TPSA) is 118 Å². The van der Waals surface area contributed by atoms with Crippen molar-refractivity contribution in [3.8, 4) is 0 Å². The summed E-state index contributed by atoms with van der Waals surface area (Å²) in [5.41, 5.74) is 5.82. The van der Waals surface area contributed by atoms with Gasteiger partial charge < -0.3 is 26.0 Å². The van der Waals surface area contributed by atoms with Crippen molar-refractivity contribution in [3.63, 3.8) is 0 Å². The molecule has 0 aromatic carbocycles. The fourth-order valence-corrected chi connectivity index (χ4v) is 2.44. The number of nitrogen functional groups attached to an aromatic ring is 1. The summed E-state index contributed by atoms with van der Waals surface area (Å²) in [7, 11) is 0. The number of nitrogens with zero attached hydrogens (tertiary/aromatic N) is 1. The number of aromatic nitrogens is 1. The SMILES string of the molecule is C[C@H]1O[C@@H](c2ccncc2N)C[C@@H](NC(=O)O)[C@]1(C)O. The zero-order valence-electron chi connectivity index (χ0n) is 11.4. The Hall–Kier alpha value is -1.86. The minimum atomic E-state index is -1.28. The average molecular weight is 281 g/mol. The lowest BCUT2D eigenvalue weighted by Crippen LogP contribution is -2.60. The predicted molar refractivity (Wildman–Crippen MR) is 72.1 cm³/mol. The minimum Gasteiger partial charge on any atom is -0.465 e. The van der Waals surface area contributed by atoms with Gasteiger partial charge in [-0.3, -0.25) is 4.98 Å². The Labute approximate surface area is 116 Å². The van der Waals surface area contributed by atoms with E-state index in [1.165, 1.54) is 6.20 Å². The normalized spacial score (nSPS) is 33.6. The van der Waals surface area contributed by atoms with Gasteiger partial charge in [-0.15, -0.1) is 0 Å². The number of amides is 1. The molecule has 7 nitrogen and oxygen atoms in total. The first-order chi connectivity index (χ1) is 9.32. The van der Waals surface area contributed by atoms with Gasteiger partial charge in [0.1, 0.15) is 5.60 Å². The highest BCUT2D eigenvalue weighted by molar-refractivity contribution is 5.65. The molecule has 0 aliphatic carbocycles. The Kier molecular flexibility index (Phi) is 3.82. The van der Waals surface area contributed by atoms with Gasteiger partial charge in [-0.05, 0) is 19.9 Å². The molecule has 5 N–H and O–H groups in total. The maximum Gasteiger partial charge on any atom is 0.404 e. The molecule has 1 aromatic heterocycles. The van der Waals surface area contributed by atoms with Crippen molar-refractivity contribution < 1.29 is 19.7 Å². The molecule has 1 aliphatic rings. The van der Waals surface area contributed by atoms with E-state index in [0.29, 0.717) is 12.1 Å². The molecule has 1 saturated heterocycles. The van der Waals surface area contributed by atoms with Gasteiger partial charge in [0.15, 0.2) is 0 Å². The molecular weight excluding hydrogens is 262 g/mol. The lowest BCUT2D eigenvalue weighted by Gasteiger charge is -2.45. The van der Waals surface area contributed by atoms with E-state index in [1.807, 2.05) is 0 Å². The molecular formula is C13H19N3O4. The number of rotatable bonds is 2. The van der Waals surface area contributed by atoms with Crippen molar-refractivity contribution in [2.45, 2.75) is 44.1 Å². The third-order valence-electron chi connectivity index (χ3n) is 3.88. The molecule has 0 spiro atoms. The number of carbonyl (C=O) groups is 1. The van der Waals surface area contributed by atoms with E-state index >= 15 is 0 Å². The van der Waals surface area contributed by atoms with Crippen molar-refractivity contribution in [2.75, 3.05) is 5.73 Å². The summed E-state index contributed by atoms with van der Waals surface area (Å²) in [5, 5.41) is 21.6. The highest BCUT2D eigenvalue weighted by atomic mass is 16.5. The maximum atomic E-state index is 10.9. The number of nitrogens with two attached hydrogens (primary N) is 1. The standard InChI is InChI=1S/C13H19N3O4/c1-7-13(2,19)11(16-12(17)18)5-10(20-7)8-3-4-15-6-9(8)14/h3-4,6-7,10-11,16,19H,5,14H2,1-2H3,(H,17,18)/t7-,10-,11-,13-/m1/s1. The molecule has 0 radical (unpaired) electrons. The summed E-state index contributed by atoms with van der Waals surface area (Å²) in [6.45, 7) is 3.27. The van der Waals surface area contributed by atoms with E-state index in [4.69, 9.17) is 15.6 Å². The summed E-state index contributed by atoms with van der Waals surface area (Å²) >= 11 is 0. The molecule has 0 unspecified atom stereocenters. The summed E-state index contributed by atoms with van der Waals surface area (Å²) in [6, 6.07) is 1.10. The summed E-state index contributed by atoms with van der Waals surface area (Å²) in [4.78, 5) is 14.8. The summed E-state index contributed by atoms with van der Waals surface area (Å²) < 4.78 is 5.79.